The van der Waals surface area contributed by atoms with E-state index in [1.807, 2.05) is 24.3 Å². The van der Waals surface area contributed by atoms with Crippen LogP contribution in [0.25, 0.3) is 0 Å². The standard InChI is InChI=1S/C20H23BrN2O2/c1-23-12-11-22-20(23)17-5-4-6-19(25-3)16(17)9-7-14-13-15(21)8-10-18(14)24-2/h4-6,8,10,13H,7,9,11-12H2,1-3H3. The van der Waals surface area contributed by atoms with Crippen LogP contribution < -0.4 is 9.47 Å². The van der Waals surface area contributed by atoms with Gasteiger partial charge in [0.05, 0.1) is 20.8 Å². The normalized spacial score (nSPS) is 13.8. The lowest BCUT2D eigenvalue weighted by molar-refractivity contribution is 0.405. The zero-order valence-electron chi connectivity index (χ0n) is 14.9. The van der Waals surface area contributed by atoms with E-state index in [0.717, 1.165) is 53.3 Å². The first-order valence-corrected chi connectivity index (χ1v) is 9.17. The summed E-state index contributed by atoms with van der Waals surface area (Å²) in [4.78, 5) is 6.89. The van der Waals surface area contributed by atoms with Crippen LogP contribution in [-0.2, 0) is 12.8 Å². The number of benzene rings is 2. The fourth-order valence-electron chi connectivity index (χ4n) is 3.25. The fourth-order valence-corrected chi connectivity index (χ4v) is 3.66. The predicted molar refractivity (Wildman–Crippen MR) is 105 cm³/mol. The van der Waals surface area contributed by atoms with Gasteiger partial charge in [-0.2, -0.15) is 0 Å². The molecule has 0 saturated heterocycles. The molecular weight excluding hydrogens is 380 g/mol. The molecule has 0 amide bonds. The molecule has 5 heteroatoms. The molecule has 1 aliphatic rings. The summed E-state index contributed by atoms with van der Waals surface area (Å²) in [5.74, 6) is 2.87. The molecular formula is C20H23BrN2O2. The minimum Gasteiger partial charge on any atom is -0.496 e. The van der Waals surface area contributed by atoms with Gasteiger partial charge in [-0.3, -0.25) is 4.99 Å². The van der Waals surface area contributed by atoms with Gasteiger partial charge in [0.1, 0.15) is 17.3 Å². The summed E-state index contributed by atoms with van der Waals surface area (Å²) >= 11 is 3.55. The van der Waals surface area contributed by atoms with E-state index in [0.29, 0.717) is 0 Å². The molecule has 0 bridgehead atoms. The second kappa shape index (κ2) is 7.91. The molecule has 0 radical (unpaired) electrons. The number of ether oxygens (including phenoxy) is 2. The number of aryl methyl sites for hydroxylation is 1. The number of amidine groups is 1. The third-order valence-corrected chi connectivity index (χ3v) is 5.03. The third kappa shape index (κ3) is 3.82. The summed E-state index contributed by atoms with van der Waals surface area (Å²) in [5.41, 5.74) is 3.53. The Balaban J connectivity index is 1.93. The second-order valence-electron chi connectivity index (χ2n) is 6.07. The van der Waals surface area contributed by atoms with Gasteiger partial charge >= 0.3 is 0 Å². The molecule has 4 nitrogen and oxygen atoms in total. The van der Waals surface area contributed by atoms with Gasteiger partial charge in [0, 0.05) is 29.2 Å². The van der Waals surface area contributed by atoms with Crippen molar-refractivity contribution in [2.45, 2.75) is 12.8 Å². The molecule has 25 heavy (non-hydrogen) atoms. The van der Waals surface area contributed by atoms with Gasteiger partial charge in [-0.15, -0.1) is 0 Å². The summed E-state index contributed by atoms with van der Waals surface area (Å²) in [5, 5.41) is 0. The molecule has 0 unspecified atom stereocenters. The number of aliphatic imine (C=N–C) groups is 1. The fraction of sp³-hybridized carbons (Fsp3) is 0.350. The number of rotatable bonds is 6. The molecule has 0 atom stereocenters. The monoisotopic (exact) mass is 402 g/mol. The number of hydrogen-bond donors (Lipinski definition) is 0. The molecule has 2 aromatic carbocycles. The summed E-state index contributed by atoms with van der Waals surface area (Å²) in [6.45, 7) is 1.81. The largest absolute Gasteiger partial charge is 0.496 e. The van der Waals surface area contributed by atoms with Crippen molar-refractivity contribution in [1.82, 2.24) is 4.90 Å². The van der Waals surface area contributed by atoms with Crippen LogP contribution >= 0.6 is 15.9 Å². The van der Waals surface area contributed by atoms with E-state index >= 15 is 0 Å². The van der Waals surface area contributed by atoms with Crippen LogP contribution in [0.5, 0.6) is 11.5 Å². The highest BCUT2D eigenvalue weighted by Crippen LogP contribution is 2.29. The Morgan fingerprint density at radius 1 is 1.08 bits per heavy atom. The van der Waals surface area contributed by atoms with Gasteiger partial charge in [-0.25, -0.2) is 0 Å². The van der Waals surface area contributed by atoms with Crippen LogP contribution in [0.3, 0.4) is 0 Å². The molecule has 0 N–H and O–H groups in total. The third-order valence-electron chi connectivity index (χ3n) is 4.54. The predicted octanol–water partition coefficient (Wildman–Crippen LogP) is 3.94. The minimum absolute atomic E-state index is 0.849. The van der Waals surface area contributed by atoms with Gasteiger partial charge < -0.3 is 14.4 Å². The number of likely N-dealkylation sites (N-methyl/N-ethyl adjacent to an activating group) is 1. The SMILES string of the molecule is COc1ccc(Br)cc1CCc1c(OC)cccc1C1=NCCN1C. The Morgan fingerprint density at radius 3 is 2.56 bits per heavy atom. The molecule has 1 heterocycles. The van der Waals surface area contributed by atoms with E-state index < -0.39 is 0 Å². The van der Waals surface area contributed by atoms with Gasteiger partial charge in [0.2, 0.25) is 0 Å². The Hall–Kier alpha value is -2.01. The number of halogens is 1. The van der Waals surface area contributed by atoms with Crippen molar-refractivity contribution in [3.8, 4) is 11.5 Å². The van der Waals surface area contributed by atoms with Crippen molar-refractivity contribution in [3.05, 3.63) is 57.6 Å². The number of nitrogens with zero attached hydrogens (tertiary/aromatic N) is 2. The van der Waals surface area contributed by atoms with Crippen molar-refractivity contribution < 1.29 is 9.47 Å². The minimum atomic E-state index is 0.849. The van der Waals surface area contributed by atoms with Gasteiger partial charge in [0.25, 0.3) is 0 Å². The van der Waals surface area contributed by atoms with E-state index in [2.05, 4.69) is 45.0 Å². The van der Waals surface area contributed by atoms with Crippen molar-refractivity contribution in [2.24, 2.45) is 4.99 Å². The van der Waals surface area contributed by atoms with E-state index in [9.17, 15) is 0 Å². The van der Waals surface area contributed by atoms with Crippen molar-refractivity contribution in [1.29, 1.82) is 0 Å². The topological polar surface area (TPSA) is 34.1 Å². The molecule has 0 fully saturated rings. The van der Waals surface area contributed by atoms with Crippen LogP contribution in [0, 0.1) is 0 Å². The van der Waals surface area contributed by atoms with E-state index in [1.54, 1.807) is 14.2 Å². The maximum absolute atomic E-state index is 5.64. The van der Waals surface area contributed by atoms with Gasteiger partial charge in [-0.05, 0) is 42.7 Å². The van der Waals surface area contributed by atoms with Gasteiger partial charge in [-0.1, -0.05) is 28.1 Å². The van der Waals surface area contributed by atoms with Crippen LogP contribution in [0.4, 0.5) is 0 Å². The zero-order valence-corrected chi connectivity index (χ0v) is 16.5. The van der Waals surface area contributed by atoms with Crippen LogP contribution in [0.15, 0.2) is 45.9 Å². The first-order chi connectivity index (χ1) is 12.1. The molecule has 0 spiro atoms. The summed E-state index contributed by atoms with van der Waals surface area (Å²) in [6.07, 6.45) is 1.73. The quantitative estimate of drug-likeness (QED) is 0.733. The van der Waals surface area contributed by atoms with Gasteiger partial charge in [0.15, 0.2) is 0 Å². The maximum atomic E-state index is 5.64. The lowest BCUT2D eigenvalue weighted by atomic mass is 9.97. The van der Waals surface area contributed by atoms with E-state index in [4.69, 9.17) is 9.47 Å². The van der Waals surface area contributed by atoms with Crippen molar-refractivity contribution >= 4 is 21.8 Å². The zero-order chi connectivity index (χ0) is 17.8. The molecule has 0 aromatic heterocycles. The van der Waals surface area contributed by atoms with Crippen LogP contribution in [-0.4, -0.2) is 45.1 Å². The Labute approximate surface area is 157 Å². The highest BCUT2D eigenvalue weighted by atomic mass is 79.9. The smallest absolute Gasteiger partial charge is 0.131 e. The first kappa shape index (κ1) is 17.8. The lowest BCUT2D eigenvalue weighted by Crippen LogP contribution is -2.24. The molecule has 132 valence electrons. The summed E-state index contributed by atoms with van der Waals surface area (Å²) < 4.78 is 12.2. The highest BCUT2D eigenvalue weighted by Gasteiger charge is 2.20. The molecule has 1 aliphatic heterocycles. The number of hydrogen-bond acceptors (Lipinski definition) is 4. The number of methoxy groups -OCH3 is 2. The second-order valence-corrected chi connectivity index (χ2v) is 6.99. The molecule has 3 rings (SSSR count). The average molecular weight is 403 g/mol. The van der Waals surface area contributed by atoms with Crippen molar-refractivity contribution in [3.63, 3.8) is 0 Å². The summed E-state index contributed by atoms with van der Waals surface area (Å²) in [7, 11) is 5.53. The van der Waals surface area contributed by atoms with Crippen LogP contribution in [0.2, 0.25) is 0 Å². The van der Waals surface area contributed by atoms with E-state index in [1.165, 1.54) is 11.1 Å². The average Bonchev–Trinajstić information content (AvgIpc) is 3.05. The molecule has 0 saturated carbocycles. The Morgan fingerprint density at radius 2 is 1.88 bits per heavy atom. The summed E-state index contributed by atoms with van der Waals surface area (Å²) in [6, 6.07) is 12.3. The van der Waals surface area contributed by atoms with Crippen LogP contribution in [0.1, 0.15) is 16.7 Å². The lowest BCUT2D eigenvalue weighted by Gasteiger charge is -2.19. The Kier molecular flexibility index (Phi) is 5.63. The van der Waals surface area contributed by atoms with E-state index in [-0.39, 0.29) is 0 Å². The molecule has 2 aromatic rings. The molecule has 0 aliphatic carbocycles. The Bertz CT molecular complexity index is 789. The first-order valence-electron chi connectivity index (χ1n) is 8.38. The van der Waals surface area contributed by atoms with Crippen molar-refractivity contribution in [2.75, 3.05) is 34.4 Å². The maximum Gasteiger partial charge on any atom is 0.131 e. The highest BCUT2D eigenvalue weighted by molar-refractivity contribution is 9.10.